The van der Waals surface area contributed by atoms with E-state index in [0.29, 0.717) is 17.9 Å². The van der Waals surface area contributed by atoms with E-state index in [1.54, 1.807) is 18.3 Å². The van der Waals surface area contributed by atoms with Gasteiger partial charge in [-0.05, 0) is 24.4 Å². The molecule has 8 heteroatoms. The van der Waals surface area contributed by atoms with Crippen molar-refractivity contribution in [3.8, 4) is 0 Å². The number of esters is 1. The van der Waals surface area contributed by atoms with Crippen molar-refractivity contribution in [2.24, 2.45) is 7.05 Å². The van der Waals surface area contributed by atoms with Crippen LogP contribution in [0, 0.1) is 0 Å². The molecular formula is C20H19N3O3S2. The lowest BCUT2D eigenvalue weighted by atomic mass is 10.1. The molecule has 28 heavy (non-hydrogen) atoms. The third-order valence-corrected chi connectivity index (χ3v) is 6.27. The third-order valence-electron chi connectivity index (χ3n) is 4.34. The van der Waals surface area contributed by atoms with Crippen LogP contribution >= 0.6 is 23.1 Å². The van der Waals surface area contributed by atoms with Crippen LogP contribution in [0.2, 0.25) is 0 Å². The summed E-state index contributed by atoms with van der Waals surface area (Å²) >= 11 is 3.23. The largest absolute Gasteiger partial charge is 0.460 e. The van der Waals surface area contributed by atoms with Crippen LogP contribution in [0.15, 0.2) is 51.4 Å². The van der Waals surface area contributed by atoms with Crippen LogP contribution in [0.25, 0.3) is 11.0 Å². The number of ether oxygens (including phenoxy) is 1. The van der Waals surface area contributed by atoms with Crippen LogP contribution in [-0.4, -0.2) is 27.3 Å². The van der Waals surface area contributed by atoms with Gasteiger partial charge in [0, 0.05) is 35.0 Å². The number of carbonyl (C=O) groups is 1. The summed E-state index contributed by atoms with van der Waals surface area (Å²) in [6.07, 6.45) is 0.754. The molecule has 144 valence electrons. The summed E-state index contributed by atoms with van der Waals surface area (Å²) in [5.74, 6) is 1.27. The molecule has 3 heterocycles. The highest BCUT2D eigenvalue weighted by Gasteiger charge is 2.22. The van der Waals surface area contributed by atoms with Gasteiger partial charge in [-0.15, -0.1) is 21.5 Å². The first-order chi connectivity index (χ1) is 13.7. The SMILES string of the molecule is CCOC(=O)c1oc2ccccc2c1CSc1nnc(Cc2cccs2)n1C. The quantitative estimate of drug-likeness (QED) is 0.324. The fourth-order valence-electron chi connectivity index (χ4n) is 2.93. The molecule has 0 bridgehead atoms. The van der Waals surface area contributed by atoms with E-state index in [0.717, 1.165) is 28.4 Å². The van der Waals surface area contributed by atoms with Gasteiger partial charge in [-0.1, -0.05) is 36.0 Å². The number of rotatable bonds is 7. The number of hydrogen-bond acceptors (Lipinski definition) is 7. The fraction of sp³-hybridized carbons (Fsp3) is 0.250. The predicted molar refractivity (Wildman–Crippen MR) is 110 cm³/mol. The van der Waals surface area contributed by atoms with E-state index in [1.165, 1.54) is 16.6 Å². The summed E-state index contributed by atoms with van der Waals surface area (Å²) in [5.41, 5.74) is 1.50. The second-order valence-electron chi connectivity index (χ2n) is 6.13. The Morgan fingerprint density at radius 3 is 2.89 bits per heavy atom. The molecule has 6 nitrogen and oxygen atoms in total. The van der Waals surface area contributed by atoms with Crippen molar-refractivity contribution < 1.29 is 13.9 Å². The molecule has 0 saturated heterocycles. The summed E-state index contributed by atoms with van der Waals surface area (Å²) in [6.45, 7) is 2.08. The molecule has 4 rings (SSSR count). The molecule has 0 fully saturated rings. The maximum atomic E-state index is 12.3. The van der Waals surface area contributed by atoms with Crippen LogP contribution in [0.1, 0.15) is 33.7 Å². The summed E-state index contributed by atoms with van der Waals surface area (Å²) in [5, 5.41) is 12.4. The Morgan fingerprint density at radius 1 is 1.25 bits per heavy atom. The highest BCUT2D eigenvalue weighted by atomic mass is 32.2. The van der Waals surface area contributed by atoms with Crippen LogP contribution in [0.3, 0.4) is 0 Å². The van der Waals surface area contributed by atoms with Crippen molar-refractivity contribution in [1.29, 1.82) is 0 Å². The maximum Gasteiger partial charge on any atom is 0.374 e. The van der Waals surface area contributed by atoms with Crippen molar-refractivity contribution in [2.45, 2.75) is 24.3 Å². The number of fused-ring (bicyclic) bond motifs is 1. The Balaban J connectivity index is 1.58. The van der Waals surface area contributed by atoms with Gasteiger partial charge in [0.05, 0.1) is 6.61 Å². The number of nitrogens with zero attached hydrogens (tertiary/aromatic N) is 3. The lowest BCUT2D eigenvalue weighted by Gasteiger charge is -2.04. The van der Waals surface area contributed by atoms with Crippen LogP contribution in [-0.2, 0) is 24.0 Å². The van der Waals surface area contributed by atoms with E-state index >= 15 is 0 Å². The molecule has 0 aliphatic rings. The number of hydrogen-bond donors (Lipinski definition) is 0. The van der Waals surface area contributed by atoms with Crippen molar-refractivity contribution in [3.05, 3.63) is 63.8 Å². The van der Waals surface area contributed by atoms with Crippen LogP contribution < -0.4 is 0 Å². The Kier molecular flexibility index (Phi) is 5.50. The second kappa shape index (κ2) is 8.20. The molecular weight excluding hydrogens is 394 g/mol. The monoisotopic (exact) mass is 413 g/mol. The molecule has 0 atom stereocenters. The van der Waals surface area contributed by atoms with Gasteiger partial charge in [0.2, 0.25) is 5.76 Å². The molecule has 1 aromatic carbocycles. The standard InChI is InChI=1S/C20H19N3O3S2/c1-3-25-19(24)18-15(14-8-4-5-9-16(14)26-18)12-28-20-22-21-17(23(20)2)11-13-7-6-10-27-13/h4-10H,3,11-12H2,1-2H3. The molecule has 0 aliphatic heterocycles. The van der Waals surface area contributed by atoms with E-state index in [4.69, 9.17) is 9.15 Å². The van der Waals surface area contributed by atoms with Crippen LogP contribution in [0.5, 0.6) is 0 Å². The number of furan rings is 1. The van der Waals surface area contributed by atoms with E-state index in [1.807, 2.05) is 41.9 Å². The van der Waals surface area contributed by atoms with Gasteiger partial charge in [0.1, 0.15) is 11.4 Å². The molecule has 0 saturated carbocycles. The fourth-order valence-corrected chi connectivity index (χ4v) is 4.59. The first-order valence-electron chi connectivity index (χ1n) is 8.88. The number of thioether (sulfide) groups is 1. The Hall–Kier alpha value is -2.58. The number of para-hydroxylation sites is 1. The summed E-state index contributed by atoms with van der Waals surface area (Å²) in [6, 6.07) is 11.8. The minimum Gasteiger partial charge on any atom is -0.460 e. The molecule has 4 aromatic rings. The maximum absolute atomic E-state index is 12.3. The molecule has 0 spiro atoms. The number of thiophene rings is 1. The Morgan fingerprint density at radius 2 is 2.11 bits per heavy atom. The van der Waals surface area contributed by atoms with Gasteiger partial charge in [0.25, 0.3) is 0 Å². The minimum absolute atomic E-state index is 0.261. The van der Waals surface area contributed by atoms with E-state index in [2.05, 4.69) is 21.6 Å². The third kappa shape index (κ3) is 3.70. The normalized spacial score (nSPS) is 11.2. The van der Waals surface area contributed by atoms with Crippen LogP contribution in [0.4, 0.5) is 0 Å². The zero-order valence-electron chi connectivity index (χ0n) is 15.5. The van der Waals surface area contributed by atoms with Gasteiger partial charge in [-0.3, -0.25) is 0 Å². The zero-order chi connectivity index (χ0) is 19.5. The number of carbonyl (C=O) groups excluding carboxylic acids is 1. The average Bonchev–Trinajstić information content (AvgIpc) is 3.41. The topological polar surface area (TPSA) is 70.2 Å². The second-order valence-corrected chi connectivity index (χ2v) is 8.10. The minimum atomic E-state index is -0.439. The lowest BCUT2D eigenvalue weighted by Crippen LogP contribution is -2.06. The molecule has 0 N–H and O–H groups in total. The van der Waals surface area contributed by atoms with E-state index in [9.17, 15) is 4.79 Å². The summed E-state index contributed by atoms with van der Waals surface area (Å²) < 4.78 is 12.9. The Labute approximate surface area is 170 Å². The first-order valence-corrected chi connectivity index (χ1v) is 10.7. The number of aromatic nitrogens is 3. The zero-order valence-corrected chi connectivity index (χ0v) is 17.2. The predicted octanol–water partition coefficient (Wildman–Crippen LogP) is 4.68. The van der Waals surface area contributed by atoms with Crippen molar-refractivity contribution in [2.75, 3.05) is 6.61 Å². The van der Waals surface area contributed by atoms with Gasteiger partial charge in [-0.2, -0.15) is 0 Å². The van der Waals surface area contributed by atoms with E-state index in [-0.39, 0.29) is 5.76 Å². The van der Waals surface area contributed by atoms with Crippen molar-refractivity contribution in [3.63, 3.8) is 0 Å². The first kappa shape index (κ1) is 18.8. The van der Waals surface area contributed by atoms with Gasteiger partial charge in [-0.25, -0.2) is 4.79 Å². The summed E-state index contributed by atoms with van der Waals surface area (Å²) in [7, 11) is 1.96. The molecule has 0 aliphatic carbocycles. The summed E-state index contributed by atoms with van der Waals surface area (Å²) in [4.78, 5) is 13.6. The molecule has 3 aromatic heterocycles. The van der Waals surface area contributed by atoms with Gasteiger partial charge < -0.3 is 13.7 Å². The molecule has 0 unspecified atom stereocenters. The highest BCUT2D eigenvalue weighted by Crippen LogP contribution is 2.32. The van der Waals surface area contributed by atoms with Gasteiger partial charge in [0.15, 0.2) is 5.16 Å². The smallest absolute Gasteiger partial charge is 0.374 e. The Bertz CT molecular complexity index is 1100. The van der Waals surface area contributed by atoms with E-state index < -0.39 is 5.97 Å². The molecule has 0 amide bonds. The molecule has 0 radical (unpaired) electrons. The van der Waals surface area contributed by atoms with Crippen molar-refractivity contribution >= 4 is 40.0 Å². The van der Waals surface area contributed by atoms with Gasteiger partial charge >= 0.3 is 5.97 Å². The number of benzene rings is 1. The lowest BCUT2D eigenvalue weighted by molar-refractivity contribution is 0.0491. The van der Waals surface area contributed by atoms with Crippen molar-refractivity contribution in [1.82, 2.24) is 14.8 Å². The average molecular weight is 414 g/mol. The highest BCUT2D eigenvalue weighted by molar-refractivity contribution is 7.98.